The molecule has 5 heteroatoms. The zero-order chi connectivity index (χ0) is 13.6. The van der Waals surface area contributed by atoms with Gasteiger partial charge in [-0.2, -0.15) is 0 Å². The van der Waals surface area contributed by atoms with Gasteiger partial charge in [0.2, 0.25) is 0 Å². The number of nitrogens with zero attached hydrogens (tertiary/aromatic N) is 1. The van der Waals surface area contributed by atoms with E-state index in [-0.39, 0.29) is 11.0 Å². The lowest BCUT2D eigenvalue weighted by Gasteiger charge is -2.38. The Hall–Kier alpha value is -0.940. The number of carbonyl (C=O) groups is 1. The lowest BCUT2D eigenvalue weighted by atomic mass is 9.80. The third-order valence-corrected chi connectivity index (χ3v) is 4.70. The van der Waals surface area contributed by atoms with E-state index in [0.29, 0.717) is 10.6 Å². The summed E-state index contributed by atoms with van der Waals surface area (Å²) >= 11 is 1.27. The van der Waals surface area contributed by atoms with Gasteiger partial charge in [-0.15, -0.1) is 11.3 Å². The van der Waals surface area contributed by atoms with Crippen molar-refractivity contribution in [1.29, 1.82) is 0 Å². The monoisotopic (exact) mass is 269 g/mol. The smallest absolute Gasteiger partial charge is 0.347 e. The topological polar surface area (TPSA) is 59.4 Å². The van der Waals surface area contributed by atoms with Crippen LogP contribution in [0.25, 0.3) is 0 Å². The lowest BCUT2D eigenvalue weighted by Crippen LogP contribution is -2.36. The molecule has 0 spiro atoms. The van der Waals surface area contributed by atoms with E-state index in [2.05, 4.69) is 4.98 Å². The van der Waals surface area contributed by atoms with Crippen LogP contribution in [0.4, 0.5) is 0 Å². The minimum Gasteiger partial charge on any atom is -0.477 e. The Morgan fingerprint density at radius 3 is 2.33 bits per heavy atom. The first-order chi connectivity index (χ1) is 8.30. The highest BCUT2D eigenvalue weighted by atomic mass is 32.1. The lowest BCUT2D eigenvalue weighted by molar-refractivity contribution is -0.0780. The molecule has 1 aliphatic rings. The van der Waals surface area contributed by atoms with E-state index in [4.69, 9.17) is 4.74 Å². The summed E-state index contributed by atoms with van der Waals surface area (Å²) < 4.78 is 5.58. The van der Waals surface area contributed by atoms with Crippen molar-refractivity contribution >= 4 is 17.3 Å². The van der Waals surface area contributed by atoms with Crippen molar-refractivity contribution in [2.24, 2.45) is 0 Å². The molecule has 1 fully saturated rings. The Morgan fingerprint density at radius 2 is 2.06 bits per heavy atom. The number of aromatic nitrogens is 1. The van der Waals surface area contributed by atoms with Crippen LogP contribution in [0.15, 0.2) is 0 Å². The first-order valence-electron chi connectivity index (χ1n) is 6.10. The number of hydrogen-bond acceptors (Lipinski definition) is 4. The van der Waals surface area contributed by atoms with E-state index in [1.807, 2.05) is 20.8 Å². The molecule has 0 amide bonds. The molecule has 1 heterocycles. The molecular weight excluding hydrogens is 250 g/mol. The Labute approximate surface area is 111 Å². The first-order valence-corrected chi connectivity index (χ1v) is 6.92. The molecule has 100 valence electrons. The third kappa shape index (κ3) is 2.06. The van der Waals surface area contributed by atoms with Crippen LogP contribution < -0.4 is 0 Å². The molecule has 0 aromatic carbocycles. The highest BCUT2D eigenvalue weighted by molar-refractivity contribution is 7.13. The fourth-order valence-corrected chi connectivity index (χ4v) is 3.51. The molecule has 0 bridgehead atoms. The second kappa shape index (κ2) is 4.31. The zero-order valence-electron chi connectivity index (χ0n) is 11.2. The highest BCUT2D eigenvalue weighted by Crippen LogP contribution is 2.47. The van der Waals surface area contributed by atoms with E-state index in [0.717, 1.165) is 24.3 Å². The van der Waals surface area contributed by atoms with Crippen molar-refractivity contribution in [2.45, 2.75) is 51.0 Å². The summed E-state index contributed by atoms with van der Waals surface area (Å²) in [5.74, 6) is -0.894. The van der Waals surface area contributed by atoms with Gasteiger partial charge in [0, 0.05) is 12.5 Å². The fraction of sp³-hybridized carbons (Fsp3) is 0.692. The molecule has 1 saturated carbocycles. The molecule has 0 aliphatic heterocycles. The number of aromatic carboxylic acids is 1. The molecule has 0 atom stereocenters. The highest BCUT2D eigenvalue weighted by Gasteiger charge is 2.43. The van der Waals surface area contributed by atoms with Gasteiger partial charge in [-0.25, -0.2) is 9.78 Å². The Morgan fingerprint density at radius 1 is 1.44 bits per heavy atom. The predicted molar refractivity (Wildman–Crippen MR) is 70.3 cm³/mol. The summed E-state index contributed by atoms with van der Waals surface area (Å²) in [5.41, 5.74) is 0.0674. The van der Waals surface area contributed by atoms with Crippen molar-refractivity contribution in [3.8, 4) is 0 Å². The molecule has 2 rings (SSSR count). The standard InChI is InChI=1S/C13H19NO3S/c1-12(2,3)9-8(10(15)16)18-11(14-9)13(17-4)6-5-7-13/h5-7H2,1-4H3,(H,15,16). The summed E-state index contributed by atoms with van der Waals surface area (Å²) in [7, 11) is 1.68. The molecular formula is C13H19NO3S. The van der Waals surface area contributed by atoms with Gasteiger partial charge >= 0.3 is 5.97 Å². The molecule has 1 aromatic heterocycles. The van der Waals surface area contributed by atoms with E-state index >= 15 is 0 Å². The van der Waals surface area contributed by atoms with Crippen LogP contribution in [0.5, 0.6) is 0 Å². The van der Waals surface area contributed by atoms with Gasteiger partial charge in [0.15, 0.2) is 0 Å². The largest absolute Gasteiger partial charge is 0.477 e. The molecule has 1 N–H and O–H groups in total. The summed E-state index contributed by atoms with van der Waals surface area (Å²) in [6, 6.07) is 0. The summed E-state index contributed by atoms with van der Waals surface area (Å²) in [5, 5.41) is 10.1. The molecule has 0 radical (unpaired) electrons. The third-order valence-electron chi connectivity index (χ3n) is 3.47. The van der Waals surface area contributed by atoms with E-state index < -0.39 is 5.97 Å². The molecule has 1 aromatic rings. The van der Waals surface area contributed by atoms with Gasteiger partial charge in [-0.3, -0.25) is 0 Å². The Bertz CT molecular complexity index is 464. The van der Waals surface area contributed by atoms with Crippen molar-refractivity contribution in [1.82, 2.24) is 4.98 Å². The minimum absolute atomic E-state index is 0.263. The fourth-order valence-electron chi connectivity index (χ4n) is 2.17. The van der Waals surface area contributed by atoms with Crippen LogP contribution in [0.2, 0.25) is 0 Å². The normalized spacial score (nSPS) is 18.4. The summed E-state index contributed by atoms with van der Waals surface area (Å²) in [4.78, 5) is 16.3. The second-order valence-corrected chi connectivity index (χ2v) is 6.80. The van der Waals surface area contributed by atoms with Crippen LogP contribution in [0.1, 0.15) is 60.4 Å². The molecule has 4 nitrogen and oxygen atoms in total. The van der Waals surface area contributed by atoms with Crippen LogP contribution in [-0.4, -0.2) is 23.2 Å². The number of carboxylic acid groups (broad SMARTS) is 1. The number of ether oxygens (including phenoxy) is 1. The van der Waals surface area contributed by atoms with Crippen LogP contribution >= 0.6 is 11.3 Å². The van der Waals surface area contributed by atoms with Gasteiger partial charge in [-0.05, 0) is 19.3 Å². The van der Waals surface area contributed by atoms with Gasteiger partial charge < -0.3 is 9.84 Å². The Balaban J connectivity index is 2.49. The molecule has 0 saturated heterocycles. The predicted octanol–water partition coefficient (Wildman–Crippen LogP) is 3.16. The molecule has 1 aliphatic carbocycles. The van der Waals surface area contributed by atoms with Crippen LogP contribution in [-0.2, 0) is 15.8 Å². The number of carboxylic acids is 1. The average molecular weight is 269 g/mol. The summed E-state index contributed by atoms with van der Waals surface area (Å²) in [6.07, 6.45) is 2.97. The minimum atomic E-state index is -0.894. The van der Waals surface area contributed by atoms with Gasteiger partial charge in [0.1, 0.15) is 15.5 Å². The summed E-state index contributed by atoms with van der Waals surface area (Å²) in [6.45, 7) is 5.95. The van der Waals surface area contributed by atoms with Crippen molar-refractivity contribution < 1.29 is 14.6 Å². The van der Waals surface area contributed by atoms with Crippen molar-refractivity contribution in [3.63, 3.8) is 0 Å². The quantitative estimate of drug-likeness (QED) is 0.915. The molecule has 0 unspecified atom stereocenters. The Kier molecular flexibility index (Phi) is 3.23. The van der Waals surface area contributed by atoms with Gasteiger partial charge in [0.25, 0.3) is 0 Å². The number of rotatable bonds is 3. The second-order valence-electron chi connectivity index (χ2n) is 5.80. The van der Waals surface area contributed by atoms with Crippen LogP contribution in [0, 0.1) is 0 Å². The van der Waals surface area contributed by atoms with Crippen molar-refractivity contribution in [3.05, 3.63) is 15.6 Å². The van der Waals surface area contributed by atoms with E-state index in [1.54, 1.807) is 7.11 Å². The molecule has 18 heavy (non-hydrogen) atoms. The first kappa shape index (κ1) is 13.5. The number of thiazole rings is 1. The maximum Gasteiger partial charge on any atom is 0.347 e. The number of methoxy groups -OCH3 is 1. The van der Waals surface area contributed by atoms with Gasteiger partial charge in [-0.1, -0.05) is 20.8 Å². The maximum atomic E-state index is 11.3. The van der Waals surface area contributed by atoms with E-state index in [1.165, 1.54) is 11.3 Å². The maximum absolute atomic E-state index is 11.3. The number of hydrogen-bond donors (Lipinski definition) is 1. The van der Waals surface area contributed by atoms with Gasteiger partial charge in [0.05, 0.1) is 5.69 Å². The SMILES string of the molecule is COC1(c2nc(C(C)(C)C)c(C(=O)O)s2)CCC1. The van der Waals surface area contributed by atoms with Crippen molar-refractivity contribution in [2.75, 3.05) is 7.11 Å². The average Bonchev–Trinajstić information content (AvgIpc) is 2.61. The zero-order valence-corrected chi connectivity index (χ0v) is 12.1. The van der Waals surface area contributed by atoms with Crippen LogP contribution in [0.3, 0.4) is 0 Å². The van der Waals surface area contributed by atoms with E-state index in [9.17, 15) is 9.90 Å².